The summed E-state index contributed by atoms with van der Waals surface area (Å²) < 4.78 is 14.3. The van der Waals surface area contributed by atoms with Gasteiger partial charge in [-0.25, -0.2) is 14.4 Å². The van der Waals surface area contributed by atoms with Crippen LogP contribution >= 0.6 is 46.6 Å². The maximum Gasteiger partial charge on any atom is 0.277 e. The van der Waals surface area contributed by atoms with Crippen LogP contribution in [-0.4, -0.2) is 45.1 Å². The number of amidine groups is 1. The SMILES string of the molecule is CCSc1cnc(NC(=O)c2nc(SC(=N)N(C)C=N)ccc2Sc2ccc(F)cc2)s1. The van der Waals surface area contributed by atoms with E-state index in [0.29, 0.717) is 15.1 Å². The van der Waals surface area contributed by atoms with Crippen molar-refractivity contribution in [1.29, 1.82) is 10.8 Å². The zero-order chi connectivity index (χ0) is 23.1. The van der Waals surface area contributed by atoms with Crippen molar-refractivity contribution in [2.45, 2.75) is 25.9 Å². The minimum absolute atomic E-state index is 0.0963. The third-order valence-corrected chi connectivity index (χ3v) is 7.76. The monoisotopic (exact) mass is 506 g/mol. The molecule has 0 spiro atoms. The Labute approximate surface area is 201 Å². The van der Waals surface area contributed by atoms with Crippen LogP contribution in [-0.2, 0) is 0 Å². The van der Waals surface area contributed by atoms with E-state index in [1.54, 1.807) is 49.3 Å². The molecule has 0 atom stereocenters. The molecule has 0 radical (unpaired) electrons. The van der Waals surface area contributed by atoms with Gasteiger partial charge in [0.1, 0.15) is 16.5 Å². The molecule has 3 rings (SSSR count). The van der Waals surface area contributed by atoms with Gasteiger partial charge in [-0.2, -0.15) is 0 Å². The number of nitrogens with one attached hydrogen (secondary N) is 3. The first kappa shape index (κ1) is 24.2. The van der Waals surface area contributed by atoms with Crippen molar-refractivity contribution >= 4 is 69.2 Å². The van der Waals surface area contributed by atoms with E-state index in [0.717, 1.165) is 33.0 Å². The minimum Gasteiger partial charge on any atom is -0.315 e. The van der Waals surface area contributed by atoms with E-state index < -0.39 is 5.91 Å². The summed E-state index contributed by atoms with van der Waals surface area (Å²) in [5.41, 5.74) is 0.175. The van der Waals surface area contributed by atoms with Gasteiger partial charge in [0, 0.05) is 16.8 Å². The van der Waals surface area contributed by atoms with Crippen LogP contribution in [0.4, 0.5) is 9.52 Å². The zero-order valence-corrected chi connectivity index (χ0v) is 20.4. The summed E-state index contributed by atoms with van der Waals surface area (Å²) in [5, 5.41) is 19.1. The van der Waals surface area contributed by atoms with Crippen LogP contribution in [0.1, 0.15) is 17.4 Å². The molecule has 0 aliphatic rings. The third-order valence-electron chi connectivity index (χ3n) is 3.80. The fourth-order valence-corrected chi connectivity index (χ4v) is 5.62. The molecule has 12 heteroatoms. The van der Waals surface area contributed by atoms with Gasteiger partial charge in [0.15, 0.2) is 10.3 Å². The van der Waals surface area contributed by atoms with E-state index in [-0.39, 0.29) is 16.7 Å². The highest BCUT2D eigenvalue weighted by atomic mass is 32.2. The van der Waals surface area contributed by atoms with Gasteiger partial charge in [0.25, 0.3) is 5.91 Å². The van der Waals surface area contributed by atoms with Gasteiger partial charge < -0.3 is 4.90 Å². The Bertz CT molecular complexity index is 1120. The lowest BCUT2D eigenvalue weighted by atomic mass is 10.3. The molecular formula is C20H19FN6OS4. The van der Waals surface area contributed by atoms with Gasteiger partial charge in [0.2, 0.25) is 0 Å². The van der Waals surface area contributed by atoms with Gasteiger partial charge in [-0.3, -0.25) is 20.9 Å². The Kier molecular flexibility index (Phi) is 8.67. The molecule has 0 saturated heterocycles. The number of thioether (sulfide) groups is 2. The molecule has 3 N–H and O–H groups in total. The maximum atomic E-state index is 13.3. The highest BCUT2D eigenvalue weighted by molar-refractivity contribution is 8.13. The maximum absolute atomic E-state index is 13.3. The van der Waals surface area contributed by atoms with Gasteiger partial charge in [-0.15, -0.1) is 11.8 Å². The van der Waals surface area contributed by atoms with Gasteiger partial charge in [0.05, 0.1) is 16.7 Å². The lowest BCUT2D eigenvalue weighted by molar-refractivity contribution is 0.101. The standard InChI is InChI=1S/C20H19FN6OS4/c1-3-29-16-10-24-20(32-16)26-18(28)17-14(30-13-6-4-12(21)5-7-13)8-9-15(25-17)31-19(23)27(2)11-22/h4-11,22-23H,3H2,1-2H3,(H,24,26,28). The van der Waals surface area contributed by atoms with Crippen molar-refractivity contribution in [3.05, 3.63) is 54.1 Å². The largest absolute Gasteiger partial charge is 0.315 e. The summed E-state index contributed by atoms with van der Waals surface area (Å²) >= 11 is 5.36. The molecule has 2 heterocycles. The molecule has 0 aliphatic carbocycles. The Morgan fingerprint density at radius 2 is 2.03 bits per heavy atom. The fourth-order valence-electron chi connectivity index (χ4n) is 2.27. The first-order chi connectivity index (χ1) is 15.4. The second-order valence-corrected chi connectivity index (χ2v) is 10.8. The average Bonchev–Trinajstić information content (AvgIpc) is 3.22. The van der Waals surface area contributed by atoms with Crippen LogP contribution in [0.3, 0.4) is 0 Å². The minimum atomic E-state index is -0.425. The first-order valence-electron chi connectivity index (χ1n) is 9.24. The van der Waals surface area contributed by atoms with Crippen molar-refractivity contribution in [3.63, 3.8) is 0 Å². The predicted molar refractivity (Wildman–Crippen MR) is 131 cm³/mol. The lowest BCUT2D eigenvalue weighted by Crippen LogP contribution is -2.21. The van der Waals surface area contributed by atoms with Crippen LogP contribution in [0, 0.1) is 16.6 Å². The number of halogens is 1. The fraction of sp³-hybridized carbons (Fsp3) is 0.150. The van der Waals surface area contributed by atoms with Crippen LogP contribution in [0.2, 0.25) is 0 Å². The summed E-state index contributed by atoms with van der Waals surface area (Å²) in [6.07, 6.45) is 2.74. The first-order valence-corrected chi connectivity index (χ1v) is 12.7. The molecular weight excluding hydrogens is 488 g/mol. The number of thiazole rings is 1. The van der Waals surface area contributed by atoms with Crippen molar-refractivity contribution < 1.29 is 9.18 Å². The predicted octanol–water partition coefficient (Wildman–Crippen LogP) is 5.76. The number of pyridine rings is 1. The van der Waals surface area contributed by atoms with E-state index in [1.165, 1.54) is 40.1 Å². The highest BCUT2D eigenvalue weighted by Gasteiger charge is 2.19. The Balaban J connectivity index is 1.89. The van der Waals surface area contributed by atoms with Crippen molar-refractivity contribution in [1.82, 2.24) is 14.9 Å². The summed E-state index contributed by atoms with van der Waals surface area (Å²) in [7, 11) is 1.59. The number of nitrogens with zero attached hydrogens (tertiary/aromatic N) is 3. The number of anilines is 1. The molecule has 0 unspecified atom stereocenters. The van der Waals surface area contributed by atoms with Gasteiger partial charge in [-0.05, 0) is 53.9 Å². The molecule has 166 valence electrons. The second kappa shape index (κ2) is 11.5. The zero-order valence-electron chi connectivity index (χ0n) is 17.1. The number of hydrogen-bond donors (Lipinski definition) is 3. The van der Waals surface area contributed by atoms with E-state index in [9.17, 15) is 9.18 Å². The second-order valence-electron chi connectivity index (χ2n) is 6.07. The average molecular weight is 507 g/mol. The van der Waals surface area contributed by atoms with E-state index in [1.807, 2.05) is 6.92 Å². The molecule has 1 amide bonds. The van der Waals surface area contributed by atoms with Gasteiger partial charge in [-0.1, -0.05) is 30.0 Å². The number of aromatic nitrogens is 2. The number of benzene rings is 1. The van der Waals surface area contributed by atoms with Gasteiger partial charge >= 0.3 is 0 Å². The smallest absolute Gasteiger partial charge is 0.277 e. The Morgan fingerprint density at radius 1 is 1.28 bits per heavy atom. The third kappa shape index (κ3) is 6.55. The van der Waals surface area contributed by atoms with E-state index in [2.05, 4.69) is 15.3 Å². The molecule has 7 nitrogen and oxygen atoms in total. The number of carbonyl (C=O) groups is 1. The highest BCUT2D eigenvalue weighted by Crippen LogP contribution is 2.33. The molecule has 0 aliphatic heterocycles. The molecule has 3 aromatic rings. The number of rotatable bonds is 8. The van der Waals surface area contributed by atoms with Crippen LogP contribution in [0.15, 0.2) is 61.6 Å². The number of carbonyl (C=O) groups excluding carboxylic acids is 1. The van der Waals surface area contributed by atoms with E-state index >= 15 is 0 Å². The Hall–Kier alpha value is -2.41. The summed E-state index contributed by atoms with van der Waals surface area (Å²) in [6, 6.07) is 9.44. The molecule has 0 fully saturated rings. The molecule has 1 aromatic carbocycles. The summed E-state index contributed by atoms with van der Waals surface area (Å²) in [6.45, 7) is 2.04. The number of hydrogen-bond acceptors (Lipinski definition) is 9. The van der Waals surface area contributed by atoms with E-state index in [4.69, 9.17) is 10.8 Å². The van der Waals surface area contributed by atoms with Crippen molar-refractivity contribution in [2.24, 2.45) is 0 Å². The summed E-state index contributed by atoms with van der Waals surface area (Å²) in [4.78, 5) is 24.5. The lowest BCUT2D eigenvalue weighted by Gasteiger charge is -2.14. The molecule has 0 bridgehead atoms. The summed E-state index contributed by atoms with van der Waals surface area (Å²) in [5.74, 6) is 0.146. The van der Waals surface area contributed by atoms with Crippen molar-refractivity contribution in [3.8, 4) is 0 Å². The number of amides is 1. The Morgan fingerprint density at radius 3 is 2.72 bits per heavy atom. The molecule has 2 aromatic heterocycles. The van der Waals surface area contributed by atoms with Crippen LogP contribution < -0.4 is 5.32 Å². The molecule has 0 saturated carbocycles. The topological polar surface area (TPSA) is 106 Å². The van der Waals surface area contributed by atoms with Crippen LogP contribution in [0.5, 0.6) is 0 Å². The van der Waals surface area contributed by atoms with Crippen molar-refractivity contribution in [2.75, 3.05) is 18.1 Å². The normalized spacial score (nSPS) is 10.6. The van der Waals surface area contributed by atoms with Crippen LogP contribution in [0.25, 0.3) is 0 Å². The molecule has 32 heavy (non-hydrogen) atoms. The quantitative estimate of drug-likeness (QED) is 0.203.